The van der Waals surface area contributed by atoms with Crippen molar-refractivity contribution in [3.63, 3.8) is 0 Å². The van der Waals surface area contributed by atoms with E-state index in [1.54, 1.807) is 12.2 Å². The molecule has 0 aromatic heterocycles. The van der Waals surface area contributed by atoms with E-state index in [0.717, 1.165) is 37.3 Å². The van der Waals surface area contributed by atoms with Crippen LogP contribution in [0.5, 0.6) is 0 Å². The van der Waals surface area contributed by atoms with Crippen molar-refractivity contribution in [3.05, 3.63) is 107 Å². The molecule has 1 heterocycles. The van der Waals surface area contributed by atoms with Gasteiger partial charge < -0.3 is 14.5 Å². The number of hydrogen-bond donors (Lipinski definition) is 0. The molecule has 0 aliphatic carbocycles. The number of hydrogen-bond acceptors (Lipinski definition) is 5. The Labute approximate surface area is 374 Å². The first-order valence-corrected chi connectivity index (χ1v) is 24.8. The van der Waals surface area contributed by atoms with Crippen molar-refractivity contribution in [2.24, 2.45) is 0 Å². The first-order valence-electron chi connectivity index (χ1n) is 24.8. The van der Waals surface area contributed by atoms with Crippen LogP contribution in [0, 0.1) is 22.7 Å². The fourth-order valence-corrected chi connectivity index (χ4v) is 8.03. The van der Waals surface area contributed by atoms with Gasteiger partial charge in [0.15, 0.2) is 0 Å². The molecule has 2 aromatic rings. The summed E-state index contributed by atoms with van der Waals surface area (Å²) < 4.78 is 6.32. The SMILES string of the molecule is CCCCCCCCN(CCCCCCCC)c1ccc(/C=C\C2=CC(=C(C#N)C#N)C=C(/C=C\c3ccc(N(CCCCCCCC)CCCCCCCC)cc3)O2)cc1. The predicted molar refractivity (Wildman–Crippen MR) is 264 cm³/mol. The number of rotatable bonds is 34. The fourth-order valence-electron chi connectivity index (χ4n) is 8.03. The molecule has 0 atom stereocenters. The summed E-state index contributed by atoms with van der Waals surface area (Å²) in [6, 6.07) is 21.9. The van der Waals surface area contributed by atoms with E-state index in [1.807, 2.05) is 24.3 Å². The molecule has 332 valence electrons. The molecule has 0 N–H and O–H groups in total. The molecule has 0 radical (unpaired) electrons. The molecule has 61 heavy (non-hydrogen) atoms. The van der Waals surface area contributed by atoms with Crippen LogP contribution in [0.4, 0.5) is 11.4 Å². The highest BCUT2D eigenvalue weighted by molar-refractivity contribution is 5.62. The fraction of sp³-hybridized carbons (Fsp3) is 0.571. The van der Waals surface area contributed by atoms with Crippen molar-refractivity contribution in [3.8, 4) is 12.1 Å². The van der Waals surface area contributed by atoms with Gasteiger partial charge in [0.05, 0.1) is 0 Å². The van der Waals surface area contributed by atoms with E-state index in [2.05, 4.69) is 98.2 Å². The minimum atomic E-state index is 0.0699. The van der Waals surface area contributed by atoms with Gasteiger partial charge in [-0.05, 0) is 85.4 Å². The summed E-state index contributed by atoms with van der Waals surface area (Å²) in [5, 5.41) is 19.5. The van der Waals surface area contributed by atoms with Gasteiger partial charge in [0.25, 0.3) is 0 Å². The topological polar surface area (TPSA) is 63.3 Å². The molecule has 1 aliphatic heterocycles. The normalized spacial score (nSPS) is 12.6. The van der Waals surface area contributed by atoms with Crippen LogP contribution in [-0.2, 0) is 4.74 Å². The summed E-state index contributed by atoms with van der Waals surface area (Å²) in [6.07, 6.45) is 42.9. The Bertz CT molecular complexity index is 1540. The zero-order valence-corrected chi connectivity index (χ0v) is 39.1. The van der Waals surface area contributed by atoms with Crippen molar-refractivity contribution in [2.45, 2.75) is 182 Å². The highest BCUT2D eigenvalue weighted by Crippen LogP contribution is 2.26. The Balaban J connectivity index is 1.68. The minimum Gasteiger partial charge on any atom is -0.457 e. The van der Waals surface area contributed by atoms with E-state index in [1.165, 1.54) is 165 Å². The highest BCUT2D eigenvalue weighted by atomic mass is 16.5. The van der Waals surface area contributed by atoms with Gasteiger partial charge in [-0.3, -0.25) is 0 Å². The maximum Gasteiger partial charge on any atom is 0.137 e. The molecule has 0 unspecified atom stereocenters. The van der Waals surface area contributed by atoms with Crippen LogP contribution in [0.25, 0.3) is 12.2 Å². The van der Waals surface area contributed by atoms with Gasteiger partial charge >= 0.3 is 0 Å². The van der Waals surface area contributed by atoms with Gasteiger partial charge in [-0.25, -0.2) is 0 Å². The van der Waals surface area contributed by atoms with E-state index in [0.29, 0.717) is 17.1 Å². The van der Waals surface area contributed by atoms with Crippen molar-refractivity contribution in [2.75, 3.05) is 36.0 Å². The lowest BCUT2D eigenvalue weighted by molar-refractivity contribution is 0.332. The molecule has 0 saturated carbocycles. The number of ether oxygens (including phenoxy) is 1. The lowest BCUT2D eigenvalue weighted by Crippen LogP contribution is -2.25. The molecule has 2 aromatic carbocycles. The Morgan fingerprint density at radius 2 is 0.721 bits per heavy atom. The average molecular weight is 827 g/mol. The standard InChI is InChI=1S/C56H82N4O/c1-5-9-13-17-21-25-41-59(42-26-22-18-14-10-6-2)53-35-29-49(30-36-53)33-39-55-45-51(52(47-57)48-58)46-56(61-55)40-34-50-31-37-54(38-32-50)60(43-27-23-19-15-11-7-3)44-28-24-20-16-12-8-4/h29-40,45-46H,5-28,41-44H2,1-4H3/b39-33-,40-34-. The van der Waals surface area contributed by atoms with Gasteiger partial charge in [-0.1, -0.05) is 193 Å². The largest absolute Gasteiger partial charge is 0.457 e. The number of benzene rings is 2. The van der Waals surface area contributed by atoms with Crippen LogP contribution in [0.2, 0.25) is 0 Å². The Morgan fingerprint density at radius 1 is 0.426 bits per heavy atom. The quantitative estimate of drug-likeness (QED) is 0.0519. The second-order valence-corrected chi connectivity index (χ2v) is 17.1. The predicted octanol–water partition coefficient (Wildman–Crippen LogP) is 16.6. The highest BCUT2D eigenvalue weighted by Gasteiger charge is 2.13. The molecule has 0 saturated heterocycles. The molecule has 5 heteroatoms. The summed E-state index contributed by atoms with van der Waals surface area (Å²) >= 11 is 0. The van der Waals surface area contributed by atoms with E-state index in [9.17, 15) is 10.5 Å². The van der Waals surface area contributed by atoms with Crippen LogP contribution in [-0.4, -0.2) is 26.2 Å². The average Bonchev–Trinajstić information content (AvgIpc) is 3.29. The zero-order chi connectivity index (χ0) is 43.6. The molecule has 5 nitrogen and oxygen atoms in total. The van der Waals surface area contributed by atoms with Crippen molar-refractivity contribution in [1.82, 2.24) is 0 Å². The van der Waals surface area contributed by atoms with Crippen molar-refractivity contribution >= 4 is 23.5 Å². The van der Waals surface area contributed by atoms with E-state index in [-0.39, 0.29) is 5.57 Å². The third kappa shape index (κ3) is 21.7. The number of unbranched alkanes of at least 4 members (excludes halogenated alkanes) is 20. The first-order chi connectivity index (χ1) is 30.0. The van der Waals surface area contributed by atoms with Gasteiger partial charge in [0.2, 0.25) is 0 Å². The van der Waals surface area contributed by atoms with Crippen LogP contribution in [0.15, 0.2) is 95.5 Å². The van der Waals surface area contributed by atoms with Crippen molar-refractivity contribution in [1.29, 1.82) is 10.5 Å². The lowest BCUT2D eigenvalue weighted by Gasteiger charge is -2.25. The molecule has 0 fully saturated rings. The summed E-state index contributed by atoms with van der Waals surface area (Å²) in [6.45, 7) is 13.5. The second kappa shape index (κ2) is 33.2. The molecule has 0 amide bonds. The first kappa shape index (κ1) is 50.9. The number of nitrogens with zero attached hydrogens (tertiary/aromatic N) is 4. The van der Waals surface area contributed by atoms with Crippen LogP contribution < -0.4 is 9.80 Å². The van der Waals surface area contributed by atoms with E-state index in [4.69, 9.17) is 4.74 Å². The Kier molecular flexibility index (Phi) is 27.7. The van der Waals surface area contributed by atoms with E-state index < -0.39 is 0 Å². The van der Waals surface area contributed by atoms with Crippen LogP contribution in [0.1, 0.15) is 193 Å². The van der Waals surface area contributed by atoms with E-state index >= 15 is 0 Å². The molecular formula is C56H82N4O. The van der Waals surface area contributed by atoms with Crippen LogP contribution in [0.3, 0.4) is 0 Å². The third-order valence-electron chi connectivity index (χ3n) is 11.9. The number of nitriles is 2. The van der Waals surface area contributed by atoms with Gasteiger partial charge in [0, 0.05) is 43.1 Å². The number of allylic oxidation sites excluding steroid dienone is 6. The monoisotopic (exact) mass is 827 g/mol. The van der Waals surface area contributed by atoms with Gasteiger partial charge in [0.1, 0.15) is 29.2 Å². The summed E-state index contributed by atoms with van der Waals surface area (Å²) in [5.41, 5.74) is 5.36. The van der Waals surface area contributed by atoms with Crippen molar-refractivity contribution < 1.29 is 4.74 Å². The maximum atomic E-state index is 9.74. The molecular weight excluding hydrogens is 745 g/mol. The van der Waals surface area contributed by atoms with Gasteiger partial charge in [-0.15, -0.1) is 0 Å². The molecule has 0 spiro atoms. The third-order valence-corrected chi connectivity index (χ3v) is 11.9. The van der Waals surface area contributed by atoms with Gasteiger partial charge in [-0.2, -0.15) is 10.5 Å². The lowest BCUT2D eigenvalue weighted by atomic mass is 10.0. The molecule has 1 aliphatic rings. The maximum absolute atomic E-state index is 9.74. The summed E-state index contributed by atoms with van der Waals surface area (Å²) in [5.74, 6) is 1.18. The smallest absolute Gasteiger partial charge is 0.137 e. The Hall–Kier alpha value is -4.48. The number of anilines is 2. The summed E-state index contributed by atoms with van der Waals surface area (Å²) in [4.78, 5) is 5.17. The molecule has 3 rings (SSSR count). The molecule has 0 bridgehead atoms. The second-order valence-electron chi connectivity index (χ2n) is 17.1. The minimum absolute atomic E-state index is 0.0699. The van der Waals surface area contributed by atoms with Crippen LogP contribution >= 0.6 is 0 Å². The summed E-state index contributed by atoms with van der Waals surface area (Å²) in [7, 11) is 0. The Morgan fingerprint density at radius 3 is 1.02 bits per heavy atom. The zero-order valence-electron chi connectivity index (χ0n) is 39.1.